The van der Waals surface area contributed by atoms with Gasteiger partial charge in [-0.05, 0) is 23.8 Å². The molecule has 0 unspecified atom stereocenters. The Hall–Kier alpha value is -2.27. The predicted molar refractivity (Wildman–Crippen MR) is 88.4 cm³/mol. The summed E-state index contributed by atoms with van der Waals surface area (Å²) in [6.45, 7) is 0. The van der Waals surface area contributed by atoms with Crippen molar-refractivity contribution >= 4 is 28.0 Å². The summed E-state index contributed by atoms with van der Waals surface area (Å²) in [5.41, 5.74) is 0.898. The molecule has 0 bridgehead atoms. The second-order valence-corrected chi connectivity index (χ2v) is 5.27. The summed E-state index contributed by atoms with van der Waals surface area (Å²) in [7, 11) is 3.07. The average Bonchev–Trinajstić information content (AvgIpc) is 2.52. The number of halogens is 1. The van der Waals surface area contributed by atoms with Crippen LogP contribution >= 0.6 is 15.9 Å². The van der Waals surface area contributed by atoms with E-state index in [2.05, 4.69) is 15.9 Å². The summed E-state index contributed by atoms with van der Waals surface area (Å²) in [4.78, 5) is 11.9. The molecule has 0 N–H and O–H groups in total. The third-order valence-corrected chi connectivity index (χ3v) is 3.30. The van der Waals surface area contributed by atoms with Crippen LogP contribution in [0, 0.1) is 0 Å². The number of carbonyl (C=O) groups is 1. The number of hydrogen-bond donors (Lipinski definition) is 0. The molecule has 0 aliphatic heterocycles. The van der Waals surface area contributed by atoms with E-state index in [-0.39, 0.29) is 0 Å². The van der Waals surface area contributed by atoms with Gasteiger partial charge in [0, 0.05) is 28.7 Å². The monoisotopic (exact) mass is 362 g/mol. The van der Waals surface area contributed by atoms with Crippen molar-refractivity contribution < 1.29 is 19.0 Å². The molecule has 2 aromatic rings. The number of carbonyl (C=O) groups excluding carboxylic acids is 1. The average molecular weight is 363 g/mol. The van der Waals surface area contributed by atoms with Crippen molar-refractivity contribution in [3.8, 4) is 17.2 Å². The molecule has 0 aliphatic rings. The van der Waals surface area contributed by atoms with Crippen LogP contribution in [0.4, 0.5) is 0 Å². The van der Waals surface area contributed by atoms with Crippen LogP contribution in [0.15, 0.2) is 53.0 Å². The Morgan fingerprint density at radius 1 is 1.00 bits per heavy atom. The predicted octanol–water partition coefficient (Wildman–Crippen LogP) is 4.09. The van der Waals surface area contributed by atoms with E-state index in [1.807, 2.05) is 24.3 Å². The van der Waals surface area contributed by atoms with Gasteiger partial charge in [-0.1, -0.05) is 28.1 Å². The molecule has 0 atom stereocenters. The molecule has 0 radical (unpaired) electrons. The minimum absolute atomic E-state index is 0.361. The fourth-order valence-corrected chi connectivity index (χ4v) is 2.18. The molecule has 0 aliphatic carbocycles. The summed E-state index contributed by atoms with van der Waals surface area (Å²) in [5, 5.41) is 0. The van der Waals surface area contributed by atoms with Gasteiger partial charge in [-0.15, -0.1) is 0 Å². The maximum Gasteiger partial charge on any atom is 0.336 e. The van der Waals surface area contributed by atoms with E-state index in [4.69, 9.17) is 14.2 Å². The van der Waals surface area contributed by atoms with Gasteiger partial charge in [0.2, 0.25) is 0 Å². The third-order valence-electron chi connectivity index (χ3n) is 2.80. The van der Waals surface area contributed by atoms with Crippen LogP contribution in [-0.2, 0) is 4.79 Å². The molecule has 0 fully saturated rings. The van der Waals surface area contributed by atoms with E-state index in [0.29, 0.717) is 17.2 Å². The quantitative estimate of drug-likeness (QED) is 0.456. The minimum Gasteiger partial charge on any atom is -0.496 e. The summed E-state index contributed by atoms with van der Waals surface area (Å²) in [5.74, 6) is 0.992. The smallest absolute Gasteiger partial charge is 0.336 e. The number of benzene rings is 2. The zero-order chi connectivity index (χ0) is 15.9. The third kappa shape index (κ3) is 4.63. The first-order chi connectivity index (χ1) is 10.6. The van der Waals surface area contributed by atoms with E-state index < -0.39 is 5.97 Å². The highest BCUT2D eigenvalue weighted by atomic mass is 79.9. The van der Waals surface area contributed by atoms with E-state index in [9.17, 15) is 4.79 Å². The molecule has 2 rings (SSSR count). The van der Waals surface area contributed by atoms with Crippen molar-refractivity contribution in [3.63, 3.8) is 0 Å². The number of esters is 1. The molecule has 0 saturated heterocycles. The fourth-order valence-electron chi connectivity index (χ4n) is 1.76. The molecule has 0 heterocycles. The SMILES string of the molecule is COc1cc(OC)cc(OC(=O)/C=C/c2cccc(Br)c2)c1. The summed E-state index contributed by atoms with van der Waals surface area (Å²) < 4.78 is 16.5. The maximum absolute atomic E-state index is 11.9. The number of ether oxygens (including phenoxy) is 3. The number of methoxy groups -OCH3 is 2. The van der Waals surface area contributed by atoms with Crippen molar-refractivity contribution in [2.24, 2.45) is 0 Å². The van der Waals surface area contributed by atoms with E-state index in [1.165, 1.54) is 20.3 Å². The fraction of sp³-hybridized carbons (Fsp3) is 0.118. The van der Waals surface area contributed by atoms with Gasteiger partial charge in [0.1, 0.15) is 17.2 Å². The lowest BCUT2D eigenvalue weighted by Crippen LogP contribution is -2.04. The first-order valence-electron chi connectivity index (χ1n) is 6.49. The van der Waals surface area contributed by atoms with Crippen LogP contribution in [0.3, 0.4) is 0 Å². The molecule has 5 heteroatoms. The van der Waals surface area contributed by atoms with Crippen LogP contribution < -0.4 is 14.2 Å². The molecule has 22 heavy (non-hydrogen) atoms. The van der Waals surface area contributed by atoms with Crippen LogP contribution in [0.25, 0.3) is 6.08 Å². The minimum atomic E-state index is -0.477. The maximum atomic E-state index is 11.9. The Labute approximate surface area is 137 Å². The summed E-state index contributed by atoms with van der Waals surface area (Å²) in [6, 6.07) is 12.5. The van der Waals surface area contributed by atoms with Crippen molar-refractivity contribution in [3.05, 3.63) is 58.6 Å². The zero-order valence-electron chi connectivity index (χ0n) is 12.2. The number of hydrogen-bond acceptors (Lipinski definition) is 4. The van der Waals surface area contributed by atoms with E-state index in [0.717, 1.165) is 10.0 Å². The number of rotatable bonds is 5. The molecular weight excluding hydrogens is 348 g/mol. The molecule has 114 valence electrons. The lowest BCUT2D eigenvalue weighted by molar-refractivity contribution is -0.128. The summed E-state index contributed by atoms with van der Waals surface area (Å²) >= 11 is 3.38. The molecule has 0 spiro atoms. The normalized spacial score (nSPS) is 10.5. The van der Waals surface area contributed by atoms with Crippen LogP contribution in [-0.4, -0.2) is 20.2 Å². The zero-order valence-corrected chi connectivity index (χ0v) is 13.8. The largest absolute Gasteiger partial charge is 0.496 e. The first-order valence-corrected chi connectivity index (χ1v) is 7.28. The van der Waals surface area contributed by atoms with Gasteiger partial charge in [-0.3, -0.25) is 0 Å². The second-order valence-electron chi connectivity index (χ2n) is 4.36. The van der Waals surface area contributed by atoms with Gasteiger partial charge in [-0.25, -0.2) is 4.79 Å². The van der Waals surface area contributed by atoms with Crippen molar-refractivity contribution in [2.75, 3.05) is 14.2 Å². The highest BCUT2D eigenvalue weighted by molar-refractivity contribution is 9.10. The van der Waals surface area contributed by atoms with Crippen LogP contribution in [0.5, 0.6) is 17.2 Å². The van der Waals surface area contributed by atoms with Gasteiger partial charge in [0.25, 0.3) is 0 Å². The van der Waals surface area contributed by atoms with Gasteiger partial charge >= 0.3 is 5.97 Å². The van der Waals surface area contributed by atoms with Crippen molar-refractivity contribution in [1.29, 1.82) is 0 Å². The lowest BCUT2D eigenvalue weighted by atomic mass is 10.2. The van der Waals surface area contributed by atoms with Gasteiger partial charge < -0.3 is 14.2 Å². The topological polar surface area (TPSA) is 44.8 Å². The first kappa shape index (κ1) is 16.1. The highest BCUT2D eigenvalue weighted by Crippen LogP contribution is 2.27. The van der Waals surface area contributed by atoms with Crippen molar-refractivity contribution in [2.45, 2.75) is 0 Å². The lowest BCUT2D eigenvalue weighted by Gasteiger charge is -2.07. The molecule has 0 amide bonds. The molecule has 0 aromatic heterocycles. The van der Waals surface area contributed by atoms with Crippen molar-refractivity contribution in [1.82, 2.24) is 0 Å². The van der Waals surface area contributed by atoms with Gasteiger partial charge in [-0.2, -0.15) is 0 Å². The van der Waals surface area contributed by atoms with Gasteiger partial charge in [0.15, 0.2) is 0 Å². The molecule has 0 saturated carbocycles. The van der Waals surface area contributed by atoms with Crippen LogP contribution in [0.1, 0.15) is 5.56 Å². The standard InChI is InChI=1S/C17H15BrO4/c1-20-14-9-15(21-2)11-16(10-14)22-17(19)7-6-12-4-3-5-13(18)8-12/h3-11H,1-2H3/b7-6+. The Kier molecular flexibility index (Phi) is 5.61. The summed E-state index contributed by atoms with van der Waals surface area (Å²) in [6.07, 6.45) is 3.05. The van der Waals surface area contributed by atoms with Gasteiger partial charge in [0.05, 0.1) is 14.2 Å². The second kappa shape index (κ2) is 7.66. The van der Waals surface area contributed by atoms with E-state index >= 15 is 0 Å². The molecule has 2 aromatic carbocycles. The Morgan fingerprint density at radius 2 is 1.64 bits per heavy atom. The molecular formula is C17H15BrO4. The highest BCUT2D eigenvalue weighted by Gasteiger charge is 2.06. The van der Waals surface area contributed by atoms with Crippen LogP contribution in [0.2, 0.25) is 0 Å². The Morgan fingerprint density at radius 3 is 2.23 bits per heavy atom. The Balaban J connectivity index is 2.08. The molecule has 4 nitrogen and oxygen atoms in total. The Bertz CT molecular complexity index is 673. The van der Waals surface area contributed by atoms with E-state index in [1.54, 1.807) is 24.3 Å².